The summed E-state index contributed by atoms with van der Waals surface area (Å²) in [6.07, 6.45) is -0.0338. The molecule has 8 heteroatoms. The van der Waals surface area contributed by atoms with E-state index in [4.69, 9.17) is 16.3 Å². The fourth-order valence-electron chi connectivity index (χ4n) is 3.61. The first-order valence-corrected chi connectivity index (χ1v) is 9.86. The lowest BCUT2D eigenvalue weighted by Gasteiger charge is -2.12. The van der Waals surface area contributed by atoms with Crippen LogP contribution in [0.2, 0.25) is 5.02 Å². The summed E-state index contributed by atoms with van der Waals surface area (Å²) in [6.45, 7) is 3.71. The maximum Gasteiger partial charge on any atom is 0.251 e. The number of benzene rings is 2. The average molecular weight is 425 g/mol. The highest BCUT2D eigenvalue weighted by Crippen LogP contribution is 2.38. The Bertz CT molecular complexity index is 1140. The van der Waals surface area contributed by atoms with Crippen molar-refractivity contribution in [3.05, 3.63) is 58.7 Å². The first-order chi connectivity index (χ1) is 14.4. The number of halogens is 1. The van der Waals surface area contributed by atoms with Crippen molar-refractivity contribution in [3.8, 4) is 16.9 Å². The van der Waals surface area contributed by atoms with E-state index in [0.717, 1.165) is 28.1 Å². The van der Waals surface area contributed by atoms with Gasteiger partial charge in [-0.3, -0.25) is 9.59 Å². The van der Waals surface area contributed by atoms with Crippen LogP contribution in [0.15, 0.2) is 42.5 Å². The number of methoxy groups -OCH3 is 1. The van der Waals surface area contributed by atoms with Gasteiger partial charge in [-0.15, -0.1) is 0 Å². The van der Waals surface area contributed by atoms with Gasteiger partial charge >= 0.3 is 0 Å². The molecule has 2 aromatic carbocycles. The number of hydrogen-bond donors (Lipinski definition) is 2. The zero-order valence-corrected chi connectivity index (χ0v) is 17.6. The molecule has 0 aliphatic carbocycles. The lowest BCUT2D eigenvalue weighted by Crippen LogP contribution is -2.24. The standard InChI is InChI=1S/C22H21ClN4O3/c1-12-16(23)5-4-6-17(12)24-19(28)11-18-22(29)25-21-20(13(2)26-27(18)21)14-7-9-15(30-3)10-8-14/h4-10,18H,11H2,1-3H3,(H,24,28)(H,25,29). The summed E-state index contributed by atoms with van der Waals surface area (Å²) >= 11 is 6.12. The molecule has 0 radical (unpaired) electrons. The summed E-state index contributed by atoms with van der Waals surface area (Å²) in [5, 5.41) is 10.8. The molecule has 3 aromatic rings. The molecule has 0 bridgehead atoms. The molecule has 0 saturated heterocycles. The SMILES string of the molecule is COc1ccc(-c2c(C)nn3c2NC(=O)C3CC(=O)Nc2cccc(Cl)c2C)cc1. The number of aryl methyl sites for hydroxylation is 1. The molecule has 1 atom stereocenters. The van der Waals surface area contributed by atoms with Gasteiger partial charge in [-0.05, 0) is 49.2 Å². The highest BCUT2D eigenvalue weighted by molar-refractivity contribution is 6.31. The molecule has 4 rings (SSSR count). The number of fused-ring (bicyclic) bond motifs is 1. The van der Waals surface area contributed by atoms with E-state index in [-0.39, 0.29) is 18.2 Å². The lowest BCUT2D eigenvalue weighted by molar-refractivity contribution is -0.123. The molecule has 1 aliphatic rings. The molecule has 0 saturated carbocycles. The monoisotopic (exact) mass is 424 g/mol. The predicted octanol–water partition coefficient (Wildman–Crippen LogP) is 4.35. The first-order valence-electron chi connectivity index (χ1n) is 9.48. The molecular weight excluding hydrogens is 404 g/mol. The van der Waals surface area contributed by atoms with Crippen molar-refractivity contribution < 1.29 is 14.3 Å². The third-order valence-electron chi connectivity index (χ3n) is 5.22. The fourth-order valence-corrected chi connectivity index (χ4v) is 3.78. The summed E-state index contributed by atoms with van der Waals surface area (Å²) in [4.78, 5) is 25.2. The Hall–Kier alpha value is -3.32. The first kappa shape index (κ1) is 20.0. The summed E-state index contributed by atoms with van der Waals surface area (Å²) in [7, 11) is 1.61. The van der Waals surface area contributed by atoms with E-state index in [9.17, 15) is 9.59 Å². The van der Waals surface area contributed by atoms with Gasteiger partial charge in [0.1, 0.15) is 17.6 Å². The third kappa shape index (κ3) is 3.52. The third-order valence-corrected chi connectivity index (χ3v) is 5.63. The van der Waals surface area contributed by atoms with Crippen molar-refractivity contribution in [2.75, 3.05) is 17.7 Å². The Kier molecular flexibility index (Phi) is 5.22. The van der Waals surface area contributed by atoms with Gasteiger partial charge in [-0.25, -0.2) is 4.68 Å². The highest BCUT2D eigenvalue weighted by atomic mass is 35.5. The van der Waals surface area contributed by atoms with Crippen LogP contribution < -0.4 is 15.4 Å². The molecule has 2 N–H and O–H groups in total. The zero-order chi connectivity index (χ0) is 21.4. The van der Waals surface area contributed by atoms with Crippen LogP contribution in [-0.2, 0) is 9.59 Å². The molecular formula is C22H21ClN4O3. The number of amides is 2. The maximum absolute atomic E-state index is 12.6. The Morgan fingerprint density at radius 1 is 1.23 bits per heavy atom. The largest absolute Gasteiger partial charge is 0.497 e. The number of nitrogens with zero attached hydrogens (tertiary/aromatic N) is 2. The van der Waals surface area contributed by atoms with E-state index in [1.807, 2.05) is 38.1 Å². The summed E-state index contributed by atoms with van der Waals surface area (Å²) in [5.41, 5.74) is 3.92. The molecule has 2 amide bonds. The number of carbonyl (C=O) groups is 2. The van der Waals surface area contributed by atoms with Gasteiger partial charge < -0.3 is 15.4 Å². The zero-order valence-electron chi connectivity index (χ0n) is 16.8. The second-order valence-electron chi connectivity index (χ2n) is 7.15. The maximum atomic E-state index is 12.6. The number of nitrogens with one attached hydrogen (secondary N) is 2. The van der Waals surface area contributed by atoms with Gasteiger partial charge in [0.05, 0.1) is 19.2 Å². The van der Waals surface area contributed by atoms with Crippen molar-refractivity contribution in [2.24, 2.45) is 0 Å². The number of hydrogen-bond acceptors (Lipinski definition) is 4. The van der Waals surface area contributed by atoms with Gasteiger partial charge in [0.2, 0.25) is 5.91 Å². The van der Waals surface area contributed by atoms with Crippen LogP contribution in [0, 0.1) is 13.8 Å². The second-order valence-corrected chi connectivity index (χ2v) is 7.56. The van der Waals surface area contributed by atoms with Gasteiger partial charge in [-0.2, -0.15) is 5.10 Å². The summed E-state index contributed by atoms with van der Waals surface area (Å²) in [5.74, 6) is 0.798. The summed E-state index contributed by atoms with van der Waals surface area (Å²) < 4.78 is 6.81. The minimum Gasteiger partial charge on any atom is -0.497 e. The molecule has 1 aromatic heterocycles. The smallest absolute Gasteiger partial charge is 0.251 e. The topological polar surface area (TPSA) is 85.2 Å². The van der Waals surface area contributed by atoms with E-state index >= 15 is 0 Å². The predicted molar refractivity (Wildman–Crippen MR) is 116 cm³/mol. The van der Waals surface area contributed by atoms with E-state index < -0.39 is 6.04 Å². The summed E-state index contributed by atoms with van der Waals surface area (Å²) in [6, 6.07) is 12.1. The number of rotatable bonds is 5. The normalized spacial score (nSPS) is 14.9. The van der Waals surface area contributed by atoms with Crippen LogP contribution in [-0.4, -0.2) is 28.7 Å². The van der Waals surface area contributed by atoms with Crippen molar-refractivity contribution >= 4 is 34.9 Å². The Labute approximate surface area is 179 Å². The van der Waals surface area contributed by atoms with Crippen molar-refractivity contribution in [1.82, 2.24) is 9.78 Å². The Morgan fingerprint density at radius 2 is 1.97 bits per heavy atom. The van der Waals surface area contributed by atoms with Gasteiger partial charge in [0.15, 0.2) is 0 Å². The quantitative estimate of drug-likeness (QED) is 0.637. The fraction of sp³-hybridized carbons (Fsp3) is 0.227. The molecule has 0 fully saturated rings. The number of anilines is 2. The van der Waals surface area contributed by atoms with Gasteiger partial charge in [0, 0.05) is 16.3 Å². The van der Waals surface area contributed by atoms with Gasteiger partial charge in [-0.1, -0.05) is 29.8 Å². The Balaban J connectivity index is 1.58. The van der Waals surface area contributed by atoms with E-state index in [2.05, 4.69) is 15.7 Å². The van der Waals surface area contributed by atoms with Crippen LogP contribution in [0.4, 0.5) is 11.5 Å². The molecule has 2 heterocycles. The minimum absolute atomic E-state index is 0.0338. The molecule has 1 aliphatic heterocycles. The van der Waals surface area contributed by atoms with Crippen LogP contribution in [0.3, 0.4) is 0 Å². The van der Waals surface area contributed by atoms with Gasteiger partial charge in [0.25, 0.3) is 5.91 Å². The molecule has 1 unspecified atom stereocenters. The van der Waals surface area contributed by atoms with Crippen LogP contribution in [0.25, 0.3) is 11.1 Å². The van der Waals surface area contributed by atoms with E-state index in [1.54, 1.807) is 30.0 Å². The number of carbonyl (C=O) groups excluding carboxylic acids is 2. The van der Waals surface area contributed by atoms with Crippen LogP contribution in [0.5, 0.6) is 5.75 Å². The van der Waals surface area contributed by atoms with Crippen molar-refractivity contribution in [3.63, 3.8) is 0 Å². The van der Waals surface area contributed by atoms with Crippen LogP contribution >= 0.6 is 11.6 Å². The van der Waals surface area contributed by atoms with Crippen molar-refractivity contribution in [1.29, 1.82) is 0 Å². The molecule has 30 heavy (non-hydrogen) atoms. The van der Waals surface area contributed by atoms with Crippen LogP contribution in [0.1, 0.15) is 23.7 Å². The highest BCUT2D eigenvalue weighted by Gasteiger charge is 2.36. The average Bonchev–Trinajstić information content (AvgIpc) is 3.19. The molecule has 0 spiro atoms. The minimum atomic E-state index is -0.717. The molecule has 154 valence electrons. The van der Waals surface area contributed by atoms with Crippen molar-refractivity contribution in [2.45, 2.75) is 26.3 Å². The Morgan fingerprint density at radius 3 is 2.67 bits per heavy atom. The second kappa shape index (κ2) is 7.84. The lowest BCUT2D eigenvalue weighted by atomic mass is 10.1. The van der Waals surface area contributed by atoms with E-state index in [0.29, 0.717) is 16.5 Å². The molecule has 7 nitrogen and oxygen atoms in total. The van der Waals surface area contributed by atoms with E-state index in [1.165, 1.54) is 0 Å². The number of ether oxygens (including phenoxy) is 1. The number of aromatic nitrogens is 2.